The molecule has 1 atom stereocenters. The number of benzene rings is 2. The first-order valence-corrected chi connectivity index (χ1v) is 9.67. The largest absolute Gasteiger partial charge is 0.384 e. The van der Waals surface area contributed by atoms with Gasteiger partial charge in [-0.1, -0.05) is 54.1 Å². The Morgan fingerprint density at radius 2 is 1.96 bits per heavy atom. The number of nitrogens with zero attached hydrogens (tertiary/aromatic N) is 1. The molecule has 2 N–H and O–H groups in total. The van der Waals surface area contributed by atoms with Gasteiger partial charge in [0.25, 0.3) is 0 Å². The smallest absolute Gasteiger partial charge is 0.225 e. The lowest BCUT2D eigenvalue weighted by atomic mass is 9.78. The van der Waals surface area contributed by atoms with Crippen LogP contribution >= 0.6 is 0 Å². The molecule has 2 amide bonds. The molecule has 0 saturated carbocycles. The summed E-state index contributed by atoms with van der Waals surface area (Å²) in [5.74, 6) is -0.328. The molecule has 1 aliphatic heterocycles. The minimum absolute atomic E-state index is 0.0111. The Hall–Kier alpha value is -2.66. The molecule has 3 rings (SSSR count). The third-order valence-corrected chi connectivity index (χ3v) is 5.62. The molecule has 1 saturated heterocycles. The van der Waals surface area contributed by atoms with Gasteiger partial charge in [-0.3, -0.25) is 9.59 Å². The molecule has 0 spiro atoms. The lowest BCUT2D eigenvalue weighted by molar-refractivity contribution is -0.132. The molecule has 0 radical (unpaired) electrons. The van der Waals surface area contributed by atoms with Crippen molar-refractivity contribution in [2.24, 2.45) is 11.1 Å². The fourth-order valence-corrected chi connectivity index (χ4v) is 4.00. The van der Waals surface area contributed by atoms with Crippen LogP contribution in [-0.2, 0) is 20.7 Å². The normalized spacial score (nSPS) is 19.0. The summed E-state index contributed by atoms with van der Waals surface area (Å²) in [7, 11) is 1.58. The summed E-state index contributed by atoms with van der Waals surface area (Å²) < 4.78 is 5.00. The molecule has 0 aliphatic carbocycles. The minimum atomic E-state index is -0.733. The van der Waals surface area contributed by atoms with E-state index in [1.54, 1.807) is 12.0 Å². The van der Waals surface area contributed by atoms with Crippen LogP contribution in [0.5, 0.6) is 0 Å². The summed E-state index contributed by atoms with van der Waals surface area (Å²) >= 11 is 0. The van der Waals surface area contributed by atoms with E-state index in [2.05, 4.69) is 37.3 Å². The number of amides is 2. The Labute approximate surface area is 166 Å². The van der Waals surface area contributed by atoms with Gasteiger partial charge in [0.1, 0.15) is 0 Å². The lowest BCUT2D eigenvalue weighted by Gasteiger charge is -2.27. The minimum Gasteiger partial charge on any atom is -0.384 e. The monoisotopic (exact) mass is 380 g/mol. The van der Waals surface area contributed by atoms with Crippen LogP contribution in [0.2, 0.25) is 0 Å². The van der Waals surface area contributed by atoms with E-state index in [4.69, 9.17) is 10.5 Å². The second-order valence-electron chi connectivity index (χ2n) is 7.66. The van der Waals surface area contributed by atoms with E-state index in [0.29, 0.717) is 39.0 Å². The first-order valence-electron chi connectivity index (χ1n) is 9.67. The van der Waals surface area contributed by atoms with Crippen molar-refractivity contribution in [2.45, 2.75) is 26.2 Å². The molecule has 2 aromatic carbocycles. The number of hydrogen-bond donors (Lipinski definition) is 1. The summed E-state index contributed by atoms with van der Waals surface area (Å²) in [6.07, 6.45) is 1.44. The molecule has 28 heavy (non-hydrogen) atoms. The molecule has 5 heteroatoms. The fourth-order valence-electron chi connectivity index (χ4n) is 4.00. The van der Waals surface area contributed by atoms with Crippen molar-refractivity contribution in [1.29, 1.82) is 0 Å². The van der Waals surface area contributed by atoms with Gasteiger partial charge in [-0.05, 0) is 36.5 Å². The van der Waals surface area contributed by atoms with Crippen LogP contribution in [0.1, 0.15) is 24.0 Å². The van der Waals surface area contributed by atoms with Gasteiger partial charge in [0, 0.05) is 20.2 Å². The van der Waals surface area contributed by atoms with Crippen molar-refractivity contribution in [3.63, 3.8) is 0 Å². The van der Waals surface area contributed by atoms with E-state index < -0.39 is 5.41 Å². The maximum Gasteiger partial charge on any atom is 0.225 e. The average Bonchev–Trinajstić information content (AvgIpc) is 3.12. The second kappa shape index (κ2) is 8.57. The topological polar surface area (TPSA) is 72.6 Å². The first-order chi connectivity index (χ1) is 13.4. The Morgan fingerprint density at radius 3 is 2.68 bits per heavy atom. The highest BCUT2D eigenvalue weighted by molar-refractivity contribution is 5.85. The number of aryl methyl sites for hydroxylation is 1. The average molecular weight is 380 g/mol. The maximum absolute atomic E-state index is 12.5. The third kappa shape index (κ3) is 4.25. The quantitative estimate of drug-likeness (QED) is 0.803. The van der Waals surface area contributed by atoms with Crippen LogP contribution in [0, 0.1) is 12.3 Å². The molecule has 1 heterocycles. The van der Waals surface area contributed by atoms with E-state index in [-0.39, 0.29) is 11.8 Å². The summed E-state index contributed by atoms with van der Waals surface area (Å²) in [5, 5.41) is 0. The summed E-state index contributed by atoms with van der Waals surface area (Å²) in [5.41, 5.74) is 9.62. The Kier molecular flexibility index (Phi) is 6.15. The number of carbonyl (C=O) groups excluding carboxylic acids is 2. The van der Waals surface area contributed by atoms with Crippen molar-refractivity contribution in [1.82, 2.24) is 4.90 Å². The zero-order valence-corrected chi connectivity index (χ0v) is 16.6. The van der Waals surface area contributed by atoms with E-state index in [1.807, 2.05) is 18.2 Å². The van der Waals surface area contributed by atoms with Gasteiger partial charge in [0.05, 0.1) is 18.4 Å². The Bertz CT molecular complexity index is 864. The highest BCUT2D eigenvalue weighted by atomic mass is 16.5. The molecule has 5 nitrogen and oxygen atoms in total. The van der Waals surface area contributed by atoms with E-state index >= 15 is 0 Å². The van der Waals surface area contributed by atoms with Gasteiger partial charge < -0.3 is 15.4 Å². The lowest BCUT2D eigenvalue weighted by Crippen LogP contribution is -2.42. The van der Waals surface area contributed by atoms with Gasteiger partial charge in [0.2, 0.25) is 11.8 Å². The summed E-state index contributed by atoms with van der Waals surface area (Å²) in [4.78, 5) is 26.6. The van der Waals surface area contributed by atoms with Crippen molar-refractivity contribution >= 4 is 11.8 Å². The van der Waals surface area contributed by atoms with Crippen molar-refractivity contribution in [3.8, 4) is 11.1 Å². The van der Waals surface area contributed by atoms with E-state index in [9.17, 15) is 9.59 Å². The maximum atomic E-state index is 12.5. The molecule has 1 aliphatic rings. The zero-order chi connectivity index (χ0) is 20.1. The number of hydrogen-bond acceptors (Lipinski definition) is 3. The van der Waals surface area contributed by atoms with Gasteiger partial charge in [0.15, 0.2) is 0 Å². The van der Waals surface area contributed by atoms with Gasteiger partial charge >= 0.3 is 0 Å². The van der Waals surface area contributed by atoms with E-state index in [1.165, 1.54) is 5.56 Å². The van der Waals surface area contributed by atoms with Crippen LogP contribution in [0.15, 0.2) is 48.5 Å². The SMILES string of the molecule is COCCC(=O)N1CC[C@](Cc2ccccc2-c2cccc(C)c2)(C(N)=O)C1. The van der Waals surface area contributed by atoms with Crippen LogP contribution < -0.4 is 5.73 Å². The van der Waals surface area contributed by atoms with Gasteiger partial charge in [-0.15, -0.1) is 0 Å². The summed E-state index contributed by atoms with van der Waals surface area (Å²) in [6.45, 7) is 3.37. The first kappa shape index (κ1) is 20.1. The number of likely N-dealkylation sites (tertiary alicyclic amines) is 1. The zero-order valence-electron chi connectivity index (χ0n) is 16.6. The number of nitrogens with two attached hydrogens (primary N) is 1. The predicted molar refractivity (Wildman–Crippen MR) is 110 cm³/mol. The van der Waals surface area contributed by atoms with Crippen molar-refractivity contribution in [2.75, 3.05) is 26.8 Å². The number of rotatable bonds is 7. The summed E-state index contributed by atoms with van der Waals surface area (Å²) in [6, 6.07) is 16.5. The molecular formula is C23H28N2O3. The Morgan fingerprint density at radius 1 is 1.18 bits per heavy atom. The highest BCUT2D eigenvalue weighted by Crippen LogP contribution is 2.37. The number of methoxy groups -OCH3 is 1. The molecule has 0 unspecified atom stereocenters. The number of carbonyl (C=O) groups is 2. The fraction of sp³-hybridized carbons (Fsp3) is 0.391. The molecule has 0 bridgehead atoms. The van der Waals surface area contributed by atoms with Crippen LogP contribution in [-0.4, -0.2) is 43.5 Å². The van der Waals surface area contributed by atoms with Crippen molar-refractivity contribution in [3.05, 3.63) is 59.7 Å². The third-order valence-electron chi connectivity index (χ3n) is 5.62. The predicted octanol–water partition coefficient (Wildman–Crippen LogP) is 2.95. The molecule has 2 aromatic rings. The molecule has 148 valence electrons. The molecule has 1 fully saturated rings. The van der Waals surface area contributed by atoms with Gasteiger partial charge in [-0.2, -0.15) is 0 Å². The second-order valence-corrected chi connectivity index (χ2v) is 7.66. The number of primary amides is 1. The molecule has 0 aromatic heterocycles. The molecular weight excluding hydrogens is 352 g/mol. The van der Waals surface area contributed by atoms with E-state index in [0.717, 1.165) is 16.7 Å². The number of ether oxygens (including phenoxy) is 1. The van der Waals surface area contributed by atoms with Crippen molar-refractivity contribution < 1.29 is 14.3 Å². The van der Waals surface area contributed by atoms with Crippen LogP contribution in [0.3, 0.4) is 0 Å². The highest BCUT2D eigenvalue weighted by Gasteiger charge is 2.44. The Balaban J connectivity index is 1.87. The van der Waals surface area contributed by atoms with Crippen LogP contribution in [0.4, 0.5) is 0 Å². The van der Waals surface area contributed by atoms with Gasteiger partial charge in [-0.25, -0.2) is 0 Å². The standard InChI is InChI=1S/C23H28N2O3/c1-17-6-5-8-18(14-17)20-9-4-3-7-19(20)15-23(22(24)27)11-12-25(16-23)21(26)10-13-28-2/h3-9,14H,10-13,15-16H2,1-2H3,(H2,24,27)/t23-/m1/s1. The van der Waals surface area contributed by atoms with Crippen LogP contribution in [0.25, 0.3) is 11.1 Å².